The van der Waals surface area contributed by atoms with Crippen LogP contribution < -0.4 is 0 Å². The molecule has 0 unspecified atom stereocenters. The standard InChI is InChI=1S/C23H16N3S.C13H12N.Ir/c1-16-24-22-23(27-16)25-21(19-10-6-3-7-11-19)26(22)20-14-12-18(13-15-20)17-8-4-2-5-9-17;1-10-3-6-12(7-4-10)13-8-5-11(2)9-14-13;/h2-10,12-15H,1H3;3-6,8-9H,1-2H3;/q2*-1;/i1D3;1D3,2D3;. The van der Waals surface area contributed by atoms with Crippen LogP contribution >= 0.6 is 11.3 Å². The van der Waals surface area contributed by atoms with Crippen LogP contribution in [0.25, 0.3) is 49.9 Å². The van der Waals surface area contributed by atoms with Gasteiger partial charge in [0.2, 0.25) is 0 Å². The van der Waals surface area contributed by atoms with E-state index in [1.807, 2.05) is 71.3 Å². The fourth-order valence-electron chi connectivity index (χ4n) is 4.30. The monoisotopic (exact) mass is 750 g/mol. The number of fused-ring (bicyclic) bond motifs is 1. The molecule has 0 aliphatic heterocycles. The van der Waals surface area contributed by atoms with E-state index in [9.17, 15) is 0 Å². The number of rotatable bonds is 4. The van der Waals surface area contributed by atoms with E-state index in [0.29, 0.717) is 27.6 Å². The summed E-state index contributed by atoms with van der Waals surface area (Å²) in [4.78, 5) is 13.8. The van der Waals surface area contributed by atoms with Crippen LogP contribution in [-0.4, -0.2) is 19.5 Å². The van der Waals surface area contributed by atoms with Crippen molar-refractivity contribution >= 4 is 21.8 Å². The molecule has 0 saturated carbocycles. The van der Waals surface area contributed by atoms with Crippen molar-refractivity contribution in [2.24, 2.45) is 0 Å². The molecule has 0 aliphatic rings. The molecule has 0 bridgehead atoms. The molecule has 1 radical (unpaired) electrons. The Kier molecular flexibility index (Phi) is 6.22. The van der Waals surface area contributed by atoms with Crippen LogP contribution in [0.1, 0.15) is 28.5 Å². The molecule has 209 valence electrons. The van der Waals surface area contributed by atoms with Gasteiger partial charge in [-0.05, 0) is 48.2 Å². The SMILES string of the molecule is [2H]C([2H])([2H])c1c[c-]c(-c2ccc(C([2H])([2H])[2H])cn2)cc1.[2H]C([2H])([2H])c1nc2c(nc(-c3[c-]cccc3)n2-c2ccc(-c3ccccc3)cc2)s1.[Ir]. The maximum atomic E-state index is 7.70. The van der Waals surface area contributed by atoms with Crippen molar-refractivity contribution in [3.63, 3.8) is 0 Å². The van der Waals surface area contributed by atoms with Gasteiger partial charge >= 0.3 is 0 Å². The Balaban J connectivity index is 0.000000211. The van der Waals surface area contributed by atoms with Crippen LogP contribution in [0.4, 0.5) is 0 Å². The summed E-state index contributed by atoms with van der Waals surface area (Å²) in [5, 5.41) is 0.0956. The van der Waals surface area contributed by atoms with E-state index < -0.39 is 20.6 Å². The quantitative estimate of drug-likeness (QED) is 0.169. The van der Waals surface area contributed by atoms with Gasteiger partial charge in [-0.3, -0.25) is 4.98 Å². The minimum Gasteiger partial charge on any atom is -0.317 e. The van der Waals surface area contributed by atoms with Crippen molar-refractivity contribution < 1.29 is 32.4 Å². The topological polar surface area (TPSA) is 43.6 Å². The third kappa shape index (κ3) is 6.47. The summed E-state index contributed by atoms with van der Waals surface area (Å²) in [5.41, 5.74) is 6.02. The Hall–Kier alpha value is -4.22. The Morgan fingerprint density at radius 1 is 0.714 bits per heavy atom. The molecule has 0 spiro atoms. The predicted octanol–water partition coefficient (Wildman–Crippen LogP) is 9.09. The summed E-state index contributed by atoms with van der Waals surface area (Å²) >= 11 is 1.11. The molecule has 6 heteroatoms. The molecule has 0 aliphatic carbocycles. The Morgan fingerprint density at radius 2 is 1.50 bits per heavy atom. The molecule has 0 amide bonds. The van der Waals surface area contributed by atoms with E-state index >= 15 is 0 Å². The third-order valence-corrected chi connectivity index (χ3v) is 7.01. The van der Waals surface area contributed by atoms with Crippen molar-refractivity contribution in [1.82, 2.24) is 19.5 Å². The Morgan fingerprint density at radius 3 is 2.17 bits per heavy atom. The number of hydrogen-bond acceptors (Lipinski definition) is 4. The summed E-state index contributed by atoms with van der Waals surface area (Å²) in [6.45, 7) is -6.60. The van der Waals surface area contributed by atoms with Gasteiger partial charge in [-0.2, -0.15) is 0 Å². The van der Waals surface area contributed by atoms with E-state index in [4.69, 9.17) is 17.3 Å². The van der Waals surface area contributed by atoms with E-state index in [-0.39, 0.29) is 36.2 Å². The van der Waals surface area contributed by atoms with Gasteiger partial charge in [-0.1, -0.05) is 72.8 Å². The molecular formula is C36H28IrN4S-2. The molecule has 0 N–H and O–H groups in total. The molecular weight excluding hydrogens is 713 g/mol. The van der Waals surface area contributed by atoms with Crippen LogP contribution in [0.3, 0.4) is 0 Å². The summed E-state index contributed by atoms with van der Waals surface area (Å²) in [7, 11) is 0. The second-order valence-electron chi connectivity index (χ2n) is 9.03. The van der Waals surface area contributed by atoms with Crippen molar-refractivity contribution in [3.05, 3.63) is 144 Å². The molecule has 4 nitrogen and oxygen atoms in total. The minimum absolute atomic E-state index is 0. The molecule has 0 atom stereocenters. The largest absolute Gasteiger partial charge is 0.317 e. The number of pyridine rings is 1. The van der Waals surface area contributed by atoms with Crippen molar-refractivity contribution in [3.8, 4) is 39.5 Å². The maximum absolute atomic E-state index is 7.70. The van der Waals surface area contributed by atoms with Crippen molar-refractivity contribution in [1.29, 1.82) is 0 Å². The average Bonchev–Trinajstić information content (AvgIpc) is 3.68. The molecule has 7 aromatic rings. The first-order valence-corrected chi connectivity index (χ1v) is 13.5. The van der Waals surface area contributed by atoms with E-state index in [1.54, 1.807) is 12.1 Å². The van der Waals surface area contributed by atoms with Gasteiger partial charge in [-0.15, -0.1) is 71.3 Å². The zero-order valence-electron chi connectivity index (χ0n) is 31.0. The second kappa shape index (κ2) is 13.2. The van der Waals surface area contributed by atoms with E-state index in [1.165, 1.54) is 24.4 Å². The summed E-state index contributed by atoms with van der Waals surface area (Å²) in [6, 6.07) is 39.5. The van der Waals surface area contributed by atoms with E-state index in [2.05, 4.69) is 34.2 Å². The van der Waals surface area contributed by atoms with Gasteiger partial charge < -0.3 is 9.55 Å². The molecule has 7 rings (SSSR count). The molecule has 0 fully saturated rings. The maximum Gasteiger partial charge on any atom is 0.167 e. The first-order chi connectivity index (χ1) is 23.7. The normalized spacial score (nSPS) is 14.6. The van der Waals surface area contributed by atoms with Crippen LogP contribution in [-0.2, 0) is 20.1 Å². The molecule has 0 saturated heterocycles. The van der Waals surface area contributed by atoms with Gasteiger partial charge in [0.15, 0.2) is 10.5 Å². The minimum atomic E-state index is -2.26. The van der Waals surface area contributed by atoms with Crippen molar-refractivity contribution in [2.45, 2.75) is 20.6 Å². The summed E-state index contributed by atoms with van der Waals surface area (Å²) < 4.78 is 68.6. The first kappa shape index (κ1) is 19.8. The molecule has 3 aromatic heterocycles. The smallest absolute Gasteiger partial charge is 0.167 e. The molecule has 42 heavy (non-hydrogen) atoms. The fourth-order valence-corrected chi connectivity index (χ4v) is 4.97. The first-order valence-electron chi connectivity index (χ1n) is 17.2. The third-order valence-electron chi connectivity index (χ3n) is 6.26. The van der Waals surface area contributed by atoms with Gasteiger partial charge in [0, 0.05) is 44.3 Å². The van der Waals surface area contributed by atoms with Crippen LogP contribution in [0, 0.1) is 32.7 Å². The predicted molar refractivity (Wildman–Crippen MR) is 169 cm³/mol. The number of aryl methyl sites for hydroxylation is 3. The number of thiazole rings is 1. The van der Waals surface area contributed by atoms with Gasteiger partial charge in [0.05, 0.1) is 10.8 Å². The van der Waals surface area contributed by atoms with Crippen LogP contribution in [0.5, 0.6) is 0 Å². The molecule has 3 heterocycles. The van der Waals surface area contributed by atoms with Crippen LogP contribution in [0.15, 0.2) is 115 Å². The zero-order valence-corrected chi connectivity index (χ0v) is 25.2. The number of hydrogen-bond donors (Lipinski definition) is 0. The average molecular weight is 750 g/mol. The summed E-state index contributed by atoms with van der Waals surface area (Å²) in [5.74, 6) is 0.689. The van der Waals surface area contributed by atoms with Gasteiger partial charge in [0.1, 0.15) is 0 Å². The Bertz CT molecular complexity index is 2140. The zero-order chi connectivity index (χ0) is 35.7. The number of aromatic nitrogens is 4. The molecule has 4 aromatic carbocycles. The summed E-state index contributed by atoms with van der Waals surface area (Å²) in [6.07, 6.45) is 1.30. The van der Waals surface area contributed by atoms with Crippen molar-refractivity contribution in [2.75, 3.05) is 0 Å². The fraction of sp³-hybridized carbons (Fsp3) is 0.0833. The van der Waals surface area contributed by atoms with Gasteiger partial charge in [-0.25, -0.2) is 4.98 Å². The van der Waals surface area contributed by atoms with E-state index in [0.717, 1.165) is 33.7 Å². The number of benzene rings is 4. The second-order valence-corrected chi connectivity index (χ2v) is 10.0. The number of imidazole rings is 1. The Labute approximate surface area is 276 Å². The van der Waals surface area contributed by atoms with Gasteiger partial charge in [0.25, 0.3) is 0 Å². The van der Waals surface area contributed by atoms with Crippen LogP contribution in [0.2, 0.25) is 0 Å². The number of nitrogens with zero attached hydrogens (tertiary/aromatic N) is 4.